The number of halogens is 4. The van der Waals surface area contributed by atoms with E-state index in [1.54, 1.807) is 0 Å². The lowest BCUT2D eigenvalue weighted by atomic mass is 10.2. The molecular formula is C28H23F4N5O5. The highest BCUT2D eigenvalue weighted by molar-refractivity contribution is 6.03. The van der Waals surface area contributed by atoms with E-state index in [2.05, 4.69) is 25.5 Å². The molecule has 0 saturated heterocycles. The molecule has 10 nitrogen and oxygen atoms in total. The number of anilines is 1. The number of hydrogen-bond donors (Lipinski definition) is 2. The second-order valence-corrected chi connectivity index (χ2v) is 8.78. The average Bonchev–Trinajstić information content (AvgIpc) is 2.93. The highest BCUT2D eigenvalue weighted by atomic mass is 19.4. The third-order valence-electron chi connectivity index (χ3n) is 5.57. The number of aromatic nitrogens is 3. The van der Waals surface area contributed by atoms with Crippen molar-refractivity contribution in [1.29, 1.82) is 0 Å². The Morgan fingerprint density at radius 2 is 1.76 bits per heavy atom. The summed E-state index contributed by atoms with van der Waals surface area (Å²) >= 11 is 0. The number of carbonyl (C=O) groups excluding carboxylic acids is 2. The second-order valence-electron chi connectivity index (χ2n) is 8.78. The van der Waals surface area contributed by atoms with Gasteiger partial charge in [0.05, 0.1) is 0 Å². The molecule has 2 amide bonds. The zero-order valence-electron chi connectivity index (χ0n) is 22.2. The molecule has 0 fully saturated rings. The summed E-state index contributed by atoms with van der Waals surface area (Å²) < 4.78 is 63.6. The number of aryl methyl sites for hydroxylation is 1. The van der Waals surface area contributed by atoms with Gasteiger partial charge in [0.25, 0.3) is 17.4 Å². The molecule has 0 radical (unpaired) electrons. The Labute approximate surface area is 235 Å². The van der Waals surface area contributed by atoms with E-state index in [-0.39, 0.29) is 39.8 Å². The summed E-state index contributed by atoms with van der Waals surface area (Å²) in [5.41, 5.74) is -1.25. The number of amides is 2. The molecule has 0 aliphatic heterocycles. The van der Waals surface area contributed by atoms with E-state index in [0.717, 1.165) is 24.6 Å². The molecule has 0 atom stereocenters. The van der Waals surface area contributed by atoms with Crippen LogP contribution in [-0.4, -0.2) is 39.5 Å². The number of nitrogens with one attached hydrogen (secondary N) is 2. The number of pyridine rings is 1. The van der Waals surface area contributed by atoms with E-state index in [1.807, 2.05) is 6.92 Å². The van der Waals surface area contributed by atoms with Crippen molar-refractivity contribution in [2.75, 3.05) is 11.9 Å². The van der Waals surface area contributed by atoms with E-state index < -0.39 is 35.3 Å². The Bertz CT molecular complexity index is 1690. The number of para-hydroxylation sites is 2. The first-order valence-electron chi connectivity index (χ1n) is 12.4. The Kier molecular flexibility index (Phi) is 8.84. The van der Waals surface area contributed by atoms with Gasteiger partial charge in [0, 0.05) is 36.6 Å². The van der Waals surface area contributed by atoms with E-state index in [0.29, 0.717) is 11.2 Å². The van der Waals surface area contributed by atoms with Crippen LogP contribution in [0, 0.1) is 12.7 Å². The van der Waals surface area contributed by atoms with Crippen molar-refractivity contribution in [2.24, 2.45) is 0 Å². The smallest absolute Gasteiger partial charge is 0.454 e. The summed E-state index contributed by atoms with van der Waals surface area (Å²) in [6, 6.07) is 12.2. The van der Waals surface area contributed by atoms with Crippen LogP contribution in [0.4, 0.5) is 23.2 Å². The maximum atomic E-state index is 14.9. The van der Waals surface area contributed by atoms with Crippen molar-refractivity contribution in [2.45, 2.75) is 26.6 Å². The zero-order chi connectivity index (χ0) is 30.4. The number of benzene rings is 2. The summed E-state index contributed by atoms with van der Waals surface area (Å²) in [5, 5.41) is 9.07. The number of alkyl halides is 3. The first-order valence-corrected chi connectivity index (χ1v) is 12.4. The lowest BCUT2D eigenvalue weighted by molar-refractivity contribution is -0.274. The molecule has 2 aromatic heterocycles. The largest absolute Gasteiger partial charge is 0.573 e. The topological polar surface area (TPSA) is 124 Å². The molecule has 4 rings (SSSR count). The molecule has 218 valence electrons. The molecule has 2 aromatic carbocycles. The number of hydrogen-bond acceptors (Lipinski definition) is 7. The predicted octanol–water partition coefficient (Wildman–Crippen LogP) is 5.16. The van der Waals surface area contributed by atoms with Crippen molar-refractivity contribution in [3.63, 3.8) is 0 Å². The molecule has 0 saturated carbocycles. The van der Waals surface area contributed by atoms with Crippen LogP contribution in [0.15, 0.2) is 71.7 Å². The van der Waals surface area contributed by atoms with E-state index in [4.69, 9.17) is 4.74 Å². The minimum absolute atomic E-state index is 0.000958. The van der Waals surface area contributed by atoms with Crippen LogP contribution >= 0.6 is 0 Å². The zero-order valence-corrected chi connectivity index (χ0v) is 22.2. The minimum Gasteiger partial charge on any atom is -0.454 e. The van der Waals surface area contributed by atoms with E-state index >= 15 is 0 Å². The lowest BCUT2D eigenvalue weighted by Gasteiger charge is -2.15. The average molecular weight is 586 g/mol. The highest BCUT2D eigenvalue weighted by Gasteiger charge is 2.32. The fraction of sp³-hybridized carbons (Fsp3) is 0.179. The van der Waals surface area contributed by atoms with Gasteiger partial charge in [0.15, 0.2) is 23.0 Å². The second kappa shape index (κ2) is 12.5. The van der Waals surface area contributed by atoms with Crippen LogP contribution in [0.25, 0.3) is 5.69 Å². The normalized spacial score (nSPS) is 11.1. The van der Waals surface area contributed by atoms with Crippen molar-refractivity contribution >= 4 is 17.5 Å². The molecule has 2 heterocycles. The Balaban J connectivity index is 1.54. The molecule has 0 bridgehead atoms. The van der Waals surface area contributed by atoms with Crippen molar-refractivity contribution < 1.29 is 36.6 Å². The van der Waals surface area contributed by atoms with E-state index in [9.17, 15) is 31.9 Å². The van der Waals surface area contributed by atoms with Gasteiger partial charge in [-0.05, 0) is 49.2 Å². The third-order valence-corrected chi connectivity index (χ3v) is 5.57. The SMILES string of the molecule is CCCNC(=O)c1cc(Oc2ccc(NC(=O)c3nn(-c4ccccc4OC(F)(F)F)c(=O)cc3C)cc2F)ccn1. The molecule has 0 aliphatic rings. The molecule has 0 spiro atoms. The van der Waals surface area contributed by atoms with Crippen LogP contribution in [-0.2, 0) is 0 Å². The van der Waals surface area contributed by atoms with Gasteiger partial charge in [-0.25, -0.2) is 4.39 Å². The van der Waals surface area contributed by atoms with Gasteiger partial charge in [0.1, 0.15) is 17.1 Å². The maximum Gasteiger partial charge on any atom is 0.573 e. The van der Waals surface area contributed by atoms with Gasteiger partial charge in [-0.2, -0.15) is 9.78 Å². The molecule has 2 N–H and O–H groups in total. The minimum atomic E-state index is -5.03. The first-order chi connectivity index (χ1) is 19.9. The first kappa shape index (κ1) is 29.7. The van der Waals surface area contributed by atoms with Gasteiger partial charge in [-0.1, -0.05) is 19.1 Å². The number of nitrogens with zero attached hydrogens (tertiary/aromatic N) is 3. The van der Waals surface area contributed by atoms with E-state index in [1.165, 1.54) is 55.6 Å². The quantitative estimate of drug-likeness (QED) is 0.260. The summed E-state index contributed by atoms with van der Waals surface area (Å²) in [4.78, 5) is 41.7. The predicted molar refractivity (Wildman–Crippen MR) is 143 cm³/mol. The van der Waals surface area contributed by atoms with Crippen molar-refractivity contribution in [3.8, 4) is 22.9 Å². The molecule has 0 unspecified atom stereocenters. The van der Waals surface area contributed by atoms with Crippen LogP contribution in [0.1, 0.15) is 39.9 Å². The molecule has 0 aliphatic carbocycles. The fourth-order valence-corrected chi connectivity index (χ4v) is 3.69. The molecular weight excluding hydrogens is 562 g/mol. The van der Waals surface area contributed by atoms with Gasteiger partial charge in [-0.15, -0.1) is 13.2 Å². The monoisotopic (exact) mass is 585 g/mol. The lowest BCUT2D eigenvalue weighted by Crippen LogP contribution is -2.28. The number of ether oxygens (including phenoxy) is 2. The number of rotatable bonds is 9. The van der Waals surface area contributed by atoms with Gasteiger partial charge >= 0.3 is 6.36 Å². The Morgan fingerprint density at radius 1 is 1.00 bits per heavy atom. The van der Waals surface area contributed by atoms with Crippen LogP contribution in [0.2, 0.25) is 0 Å². The standard InChI is InChI=1S/C28H23F4N5O5/c1-3-11-34-26(39)20-15-18(10-12-33-20)41-22-9-8-17(14-19(22)29)35-27(40)25-16(2)13-24(38)37(36-25)21-6-4-5-7-23(21)42-28(30,31)32/h4-10,12-15H,3,11H2,1-2H3,(H,34,39)(H,35,40). The van der Waals surface area contributed by atoms with Gasteiger partial charge < -0.3 is 20.1 Å². The molecule has 14 heteroatoms. The van der Waals surface area contributed by atoms with Crippen LogP contribution in [0.3, 0.4) is 0 Å². The Hall–Kier alpha value is -5.27. The van der Waals surface area contributed by atoms with Gasteiger partial charge in [-0.3, -0.25) is 19.4 Å². The maximum absolute atomic E-state index is 14.9. The number of carbonyl (C=O) groups is 2. The molecule has 4 aromatic rings. The summed E-state index contributed by atoms with van der Waals surface area (Å²) in [7, 11) is 0. The fourth-order valence-electron chi connectivity index (χ4n) is 3.69. The summed E-state index contributed by atoms with van der Waals surface area (Å²) in [5.74, 6) is -2.87. The highest BCUT2D eigenvalue weighted by Crippen LogP contribution is 2.29. The third kappa shape index (κ3) is 7.27. The summed E-state index contributed by atoms with van der Waals surface area (Å²) in [6.45, 7) is 3.77. The van der Waals surface area contributed by atoms with Crippen molar-refractivity contribution in [3.05, 3.63) is 100.0 Å². The van der Waals surface area contributed by atoms with Crippen LogP contribution < -0.4 is 25.7 Å². The van der Waals surface area contributed by atoms with Crippen molar-refractivity contribution in [1.82, 2.24) is 20.1 Å². The molecule has 42 heavy (non-hydrogen) atoms. The Morgan fingerprint density at radius 3 is 2.48 bits per heavy atom. The van der Waals surface area contributed by atoms with Gasteiger partial charge in [0.2, 0.25) is 0 Å². The van der Waals surface area contributed by atoms with Crippen LogP contribution in [0.5, 0.6) is 17.2 Å². The summed E-state index contributed by atoms with van der Waals surface area (Å²) in [6.07, 6.45) is -2.96.